The summed E-state index contributed by atoms with van der Waals surface area (Å²) in [5.41, 5.74) is 7.99. The zero-order chi connectivity index (χ0) is 19.6. The van der Waals surface area contributed by atoms with Gasteiger partial charge in [0.1, 0.15) is 5.83 Å². The lowest BCUT2D eigenvalue weighted by molar-refractivity contribution is -0.126. The molecule has 1 amide bonds. The molecule has 0 saturated carbocycles. The summed E-state index contributed by atoms with van der Waals surface area (Å²) < 4.78 is 17.2. The SMILES string of the molecule is CC/C=C(\F)c1c(-c2ccccc2)n(CC(C)(C)C(N)=O)c2ccccc12. The summed E-state index contributed by atoms with van der Waals surface area (Å²) >= 11 is 0. The van der Waals surface area contributed by atoms with Crippen LogP contribution in [0.15, 0.2) is 60.7 Å². The molecule has 27 heavy (non-hydrogen) atoms. The van der Waals surface area contributed by atoms with Gasteiger partial charge in [0.2, 0.25) is 5.91 Å². The molecule has 0 saturated heterocycles. The predicted octanol–water partition coefficient (Wildman–Crippen LogP) is 5.54. The number of amides is 1. The van der Waals surface area contributed by atoms with Crippen molar-refractivity contribution in [3.05, 3.63) is 66.2 Å². The molecule has 140 valence electrons. The monoisotopic (exact) mass is 364 g/mol. The molecule has 2 aromatic carbocycles. The Labute approximate surface area is 159 Å². The Bertz CT molecular complexity index is 1000. The second-order valence-corrected chi connectivity index (χ2v) is 7.40. The summed E-state index contributed by atoms with van der Waals surface area (Å²) in [6.07, 6.45) is 2.20. The van der Waals surface area contributed by atoms with Crippen molar-refractivity contribution in [2.45, 2.75) is 33.7 Å². The molecule has 1 heterocycles. The lowest BCUT2D eigenvalue weighted by Gasteiger charge is -2.24. The second kappa shape index (κ2) is 7.39. The first-order valence-corrected chi connectivity index (χ1v) is 9.19. The van der Waals surface area contributed by atoms with Gasteiger partial charge in [0.15, 0.2) is 0 Å². The highest BCUT2D eigenvalue weighted by Gasteiger charge is 2.29. The van der Waals surface area contributed by atoms with Crippen LogP contribution in [0.3, 0.4) is 0 Å². The van der Waals surface area contributed by atoms with Crippen LogP contribution in [-0.4, -0.2) is 10.5 Å². The fourth-order valence-corrected chi connectivity index (χ4v) is 3.36. The van der Waals surface area contributed by atoms with Gasteiger partial charge >= 0.3 is 0 Å². The number of carbonyl (C=O) groups excluding carboxylic acids is 1. The minimum atomic E-state index is -0.770. The normalized spacial score (nSPS) is 12.5. The molecule has 0 spiro atoms. The Morgan fingerprint density at radius 1 is 1.11 bits per heavy atom. The number of allylic oxidation sites excluding steroid dienone is 1. The third-order valence-corrected chi connectivity index (χ3v) is 4.86. The van der Waals surface area contributed by atoms with Gasteiger partial charge in [0, 0.05) is 23.0 Å². The first kappa shape index (κ1) is 18.9. The topological polar surface area (TPSA) is 48.0 Å². The Kier molecular flexibility index (Phi) is 5.17. The number of carbonyl (C=O) groups is 1. The number of nitrogens with two attached hydrogens (primary N) is 1. The number of fused-ring (bicyclic) bond motifs is 1. The van der Waals surface area contributed by atoms with Gasteiger partial charge in [-0.2, -0.15) is 0 Å². The fraction of sp³-hybridized carbons (Fsp3) is 0.261. The van der Waals surface area contributed by atoms with Crippen LogP contribution in [-0.2, 0) is 11.3 Å². The third-order valence-electron chi connectivity index (χ3n) is 4.86. The van der Waals surface area contributed by atoms with Crippen molar-refractivity contribution in [3.8, 4) is 11.3 Å². The van der Waals surface area contributed by atoms with E-state index in [4.69, 9.17) is 5.73 Å². The van der Waals surface area contributed by atoms with Crippen LogP contribution >= 0.6 is 0 Å². The molecule has 1 aromatic heterocycles. The van der Waals surface area contributed by atoms with E-state index >= 15 is 4.39 Å². The van der Waals surface area contributed by atoms with Gasteiger partial charge in [-0.05, 0) is 38.0 Å². The van der Waals surface area contributed by atoms with E-state index in [-0.39, 0.29) is 11.7 Å². The maximum Gasteiger partial charge on any atom is 0.224 e. The van der Waals surface area contributed by atoms with Crippen LogP contribution < -0.4 is 5.73 Å². The highest BCUT2D eigenvalue weighted by Crippen LogP contribution is 2.40. The molecule has 0 aliphatic carbocycles. The van der Waals surface area contributed by atoms with E-state index in [0.717, 1.165) is 22.2 Å². The van der Waals surface area contributed by atoms with E-state index in [2.05, 4.69) is 0 Å². The van der Waals surface area contributed by atoms with E-state index < -0.39 is 5.41 Å². The third kappa shape index (κ3) is 3.52. The van der Waals surface area contributed by atoms with Gasteiger partial charge in [-0.3, -0.25) is 4.79 Å². The van der Waals surface area contributed by atoms with Gasteiger partial charge < -0.3 is 10.3 Å². The van der Waals surface area contributed by atoms with Crippen LogP contribution in [0.5, 0.6) is 0 Å². The summed E-state index contributed by atoms with van der Waals surface area (Å²) in [5, 5.41) is 0.832. The lowest BCUT2D eigenvalue weighted by atomic mass is 9.92. The molecule has 3 nitrogen and oxygen atoms in total. The molecule has 3 aromatic rings. The number of rotatable bonds is 6. The number of para-hydroxylation sites is 1. The van der Waals surface area contributed by atoms with E-state index in [9.17, 15) is 4.79 Å². The molecule has 0 fully saturated rings. The van der Waals surface area contributed by atoms with Crippen molar-refractivity contribution in [3.63, 3.8) is 0 Å². The Morgan fingerprint density at radius 2 is 1.74 bits per heavy atom. The zero-order valence-electron chi connectivity index (χ0n) is 16.0. The van der Waals surface area contributed by atoms with Crippen LogP contribution in [0.2, 0.25) is 0 Å². The second-order valence-electron chi connectivity index (χ2n) is 7.40. The number of aromatic nitrogens is 1. The molecule has 0 atom stereocenters. The Hall–Kier alpha value is -2.88. The van der Waals surface area contributed by atoms with Crippen LogP contribution in [0, 0.1) is 5.41 Å². The quantitative estimate of drug-likeness (QED) is 0.613. The minimum Gasteiger partial charge on any atom is -0.369 e. The maximum atomic E-state index is 15.2. The van der Waals surface area contributed by atoms with Crippen molar-refractivity contribution in [1.82, 2.24) is 4.57 Å². The molecule has 2 N–H and O–H groups in total. The molecule has 0 bridgehead atoms. The lowest BCUT2D eigenvalue weighted by Crippen LogP contribution is -2.35. The molecule has 3 rings (SSSR count). The van der Waals surface area contributed by atoms with Crippen molar-refractivity contribution in [1.29, 1.82) is 0 Å². The number of nitrogens with zero attached hydrogens (tertiary/aromatic N) is 1. The summed E-state index contributed by atoms with van der Waals surface area (Å²) in [5.74, 6) is -0.631. The molecule has 4 heteroatoms. The molecular formula is C23H25FN2O. The minimum absolute atomic E-state index is 0.247. The number of halogens is 1. The number of primary amides is 1. The maximum absolute atomic E-state index is 15.2. The summed E-state index contributed by atoms with van der Waals surface area (Å²) in [6.45, 7) is 5.91. The largest absolute Gasteiger partial charge is 0.369 e. The highest BCUT2D eigenvalue weighted by molar-refractivity contribution is 5.99. The van der Waals surface area contributed by atoms with Crippen molar-refractivity contribution >= 4 is 22.6 Å². The average molecular weight is 364 g/mol. The van der Waals surface area contributed by atoms with Gasteiger partial charge in [0.25, 0.3) is 0 Å². The fourth-order valence-electron chi connectivity index (χ4n) is 3.36. The van der Waals surface area contributed by atoms with Crippen molar-refractivity contribution < 1.29 is 9.18 Å². The van der Waals surface area contributed by atoms with Gasteiger partial charge in [0.05, 0.1) is 11.1 Å². The molecule has 0 aliphatic rings. The molecular weight excluding hydrogens is 339 g/mol. The summed E-state index contributed by atoms with van der Waals surface area (Å²) in [4.78, 5) is 12.0. The van der Waals surface area contributed by atoms with E-state index in [0.29, 0.717) is 18.5 Å². The highest BCUT2D eigenvalue weighted by atomic mass is 19.1. The van der Waals surface area contributed by atoms with Crippen molar-refractivity contribution in [2.24, 2.45) is 11.1 Å². The number of hydrogen-bond acceptors (Lipinski definition) is 1. The average Bonchev–Trinajstić information content (AvgIpc) is 2.96. The molecule has 0 radical (unpaired) electrons. The molecule has 0 aliphatic heterocycles. The van der Waals surface area contributed by atoms with Gasteiger partial charge in [-0.1, -0.05) is 55.5 Å². The predicted molar refractivity (Wildman–Crippen MR) is 110 cm³/mol. The number of benzene rings is 2. The van der Waals surface area contributed by atoms with Crippen molar-refractivity contribution in [2.75, 3.05) is 0 Å². The van der Waals surface area contributed by atoms with Gasteiger partial charge in [-0.25, -0.2) is 4.39 Å². The van der Waals surface area contributed by atoms with Gasteiger partial charge in [-0.15, -0.1) is 0 Å². The smallest absolute Gasteiger partial charge is 0.224 e. The Morgan fingerprint density at radius 3 is 2.37 bits per heavy atom. The zero-order valence-corrected chi connectivity index (χ0v) is 16.0. The Balaban J connectivity index is 2.39. The van der Waals surface area contributed by atoms with E-state index in [1.807, 2.05) is 79.9 Å². The molecule has 0 unspecified atom stereocenters. The summed E-state index contributed by atoms with van der Waals surface area (Å²) in [7, 11) is 0. The van der Waals surface area contributed by atoms with Crippen LogP contribution in [0.4, 0.5) is 4.39 Å². The van der Waals surface area contributed by atoms with E-state index in [1.54, 1.807) is 6.08 Å². The summed E-state index contributed by atoms with van der Waals surface area (Å²) in [6, 6.07) is 17.4. The van der Waals surface area contributed by atoms with Crippen LogP contribution in [0.1, 0.15) is 32.8 Å². The first-order chi connectivity index (χ1) is 12.9. The standard InChI is InChI=1S/C23H25FN2O/c1-4-10-18(24)20-17-13-8-9-14-19(17)26(15-23(2,3)22(25)27)21(20)16-11-6-5-7-12-16/h5-14H,4,15H2,1-3H3,(H2,25,27)/b18-10-. The first-order valence-electron chi connectivity index (χ1n) is 9.19. The van der Waals surface area contributed by atoms with E-state index in [1.165, 1.54) is 0 Å². The van der Waals surface area contributed by atoms with Crippen LogP contribution in [0.25, 0.3) is 28.0 Å². The number of hydrogen-bond donors (Lipinski definition) is 1.